The fourth-order valence-electron chi connectivity index (χ4n) is 6.23. The molecule has 20 nitrogen and oxygen atoms in total. The highest BCUT2D eigenvalue weighted by molar-refractivity contribution is 5.62. The van der Waals surface area contributed by atoms with Crippen LogP contribution >= 0.6 is 0 Å². The van der Waals surface area contributed by atoms with Crippen molar-refractivity contribution in [1.82, 2.24) is 59.2 Å². The van der Waals surface area contributed by atoms with Crippen LogP contribution in [0.5, 0.6) is 0 Å². The Balaban J connectivity index is 0.000000397. The van der Waals surface area contributed by atoms with Crippen LogP contribution in [0.25, 0.3) is 0 Å². The number of aromatic nitrogens is 8. The molecule has 4 N–H and O–H groups in total. The van der Waals surface area contributed by atoms with Gasteiger partial charge in [-0.3, -0.25) is 38.8 Å². The van der Waals surface area contributed by atoms with Gasteiger partial charge in [-0.25, -0.2) is 0 Å². The molecule has 0 aromatic carbocycles. The molecule has 0 radical (unpaired) electrons. The van der Waals surface area contributed by atoms with E-state index >= 15 is 0 Å². The van der Waals surface area contributed by atoms with Crippen LogP contribution in [0.3, 0.4) is 0 Å². The fraction of sp³-hybridized carbons (Fsp3) is 0.673. The highest BCUT2D eigenvalue weighted by atomic mass is 16.3. The minimum absolute atomic E-state index is 0.276. The van der Waals surface area contributed by atoms with Crippen molar-refractivity contribution in [3.05, 3.63) is 71.3 Å². The fourth-order valence-corrected chi connectivity index (χ4v) is 6.23. The van der Waals surface area contributed by atoms with Crippen molar-refractivity contribution in [1.29, 1.82) is 0 Å². The number of aryl methyl sites for hydroxylation is 6. The smallest absolute Gasteiger partial charge is 0.0708 e. The van der Waals surface area contributed by atoms with Gasteiger partial charge in [-0.05, 0) is 98.9 Å². The Morgan fingerprint density at radius 1 is 0.594 bits per heavy atom. The summed E-state index contributed by atoms with van der Waals surface area (Å²) in [4.78, 5) is 0. The number of aliphatic hydroxyl groups excluding tert-OH is 4. The normalized spacial score (nSPS) is 20.0. The summed E-state index contributed by atoms with van der Waals surface area (Å²) in [6.45, 7) is 30.1. The SMILES string of the molecule is C[C@@H](O)CN1C[C@@H](C)C=N1.C[C@@H](O)CN1N=CC[C@@H]1C.C[C@H]1C=NN(C)C1.C[C@H]1CC=NN1C.Cc1ccnn1C.Cc1cnn(C)c1.Cc1cnn(C[C@@H](C)O)c1.Cc1cnn(C[C@@H](C)O)c1C. The summed E-state index contributed by atoms with van der Waals surface area (Å²) >= 11 is 0. The summed E-state index contributed by atoms with van der Waals surface area (Å²) in [7, 11) is 7.82. The molecule has 0 saturated heterocycles. The number of aliphatic hydroxyl groups is 4. The van der Waals surface area contributed by atoms with E-state index < -0.39 is 0 Å². The van der Waals surface area contributed by atoms with E-state index in [1.807, 2.05) is 148 Å². The molecule has 0 fully saturated rings. The van der Waals surface area contributed by atoms with Gasteiger partial charge < -0.3 is 20.4 Å². The van der Waals surface area contributed by atoms with Crippen molar-refractivity contribution in [3.63, 3.8) is 0 Å². The molecule has 0 spiro atoms. The highest BCUT2D eigenvalue weighted by Gasteiger charge is 2.16. The maximum atomic E-state index is 9.08. The molecule has 0 bridgehead atoms. The van der Waals surface area contributed by atoms with Crippen molar-refractivity contribution in [2.75, 3.05) is 40.3 Å². The maximum absolute atomic E-state index is 9.08. The Kier molecular flexibility index (Phi) is 29.6. The predicted molar refractivity (Wildman–Crippen MR) is 280 cm³/mol. The number of hydrogen-bond acceptors (Lipinski definition) is 16. The lowest BCUT2D eigenvalue weighted by atomic mass is 10.2. The van der Waals surface area contributed by atoms with E-state index in [1.165, 1.54) is 16.8 Å². The Bertz CT molecular complexity index is 2010. The molecule has 0 unspecified atom stereocenters. The number of nitrogens with zero attached hydrogens (tertiary/aromatic N) is 16. The lowest BCUT2D eigenvalue weighted by Gasteiger charge is -2.21. The van der Waals surface area contributed by atoms with Crippen LogP contribution in [0.2, 0.25) is 0 Å². The second-order valence-electron chi connectivity index (χ2n) is 18.7. The Hall–Kier alpha value is -5.44. The van der Waals surface area contributed by atoms with E-state index in [0.29, 0.717) is 50.1 Å². The molecule has 20 heteroatoms. The summed E-state index contributed by atoms with van der Waals surface area (Å²) in [5.41, 5.74) is 5.83. The van der Waals surface area contributed by atoms with Gasteiger partial charge in [-0.1, -0.05) is 13.8 Å². The second-order valence-corrected chi connectivity index (χ2v) is 18.7. The Labute approximate surface area is 413 Å². The van der Waals surface area contributed by atoms with Gasteiger partial charge in [0.1, 0.15) is 0 Å². The van der Waals surface area contributed by atoms with E-state index in [2.05, 4.69) is 68.5 Å². The molecule has 0 amide bonds. The molecule has 4 aliphatic heterocycles. The third kappa shape index (κ3) is 28.6. The van der Waals surface area contributed by atoms with Gasteiger partial charge in [0.2, 0.25) is 0 Å². The van der Waals surface area contributed by atoms with Gasteiger partial charge in [-0.15, -0.1) is 0 Å². The van der Waals surface area contributed by atoms with Crippen molar-refractivity contribution >= 4 is 24.9 Å². The van der Waals surface area contributed by atoms with Gasteiger partial charge in [0, 0.05) is 133 Å². The zero-order valence-electron chi connectivity index (χ0n) is 45.1. The van der Waals surface area contributed by atoms with E-state index in [-0.39, 0.29) is 24.4 Å². The van der Waals surface area contributed by atoms with Crippen molar-refractivity contribution in [2.45, 2.75) is 152 Å². The first kappa shape index (κ1) is 61.6. The van der Waals surface area contributed by atoms with E-state index in [0.717, 1.165) is 37.2 Å². The number of hydrogen-bond donors (Lipinski definition) is 4. The number of β-amino-alcohol motifs (C(OH)–C–C–N with tert-alkyl or cyclic N) is 2. The molecule has 4 aromatic rings. The predicted octanol–water partition coefficient (Wildman–Crippen LogP) is 4.91. The second kappa shape index (κ2) is 33.2. The van der Waals surface area contributed by atoms with Crippen molar-refractivity contribution in [3.8, 4) is 0 Å². The standard InChI is InChI=1S/C8H14N2O.C7H14N2O.C7H12N2O.C7H14N2O.C5H10N2.C5H8N2.C5H10N2.C5H8N2/c1-6-4-9-10(8(6)3)5-7(2)11;2*1-6-3-8-9(4-6)5-7(2)10;1-6-3-4-8-9(6)5-7(2)10;2*1-5-3-6-7(2)4-5;2*1-5-3-4-6-7(5)2/h4,7,11H,5H2,1-3H3;3,6-7,10H,4-5H2,1-2H3;3-4,7,10H,5H2,1-2H3;4,6-7,10H,3,5H2,1-2H3;3,5H,4H2,1-2H3;3-4H,1-2H3;4-5H,3H2,1-2H3;3-4H,1-2H3/t7-;6-,7+;7-;6-,7+;5-;;5-;/m10100.0./s1. The van der Waals surface area contributed by atoms with Gasteiger partial charge >= 0.3 is 0 Å². The Morgan fingerprint density at radius 2 is 1.16 bits per heavy atom. The van der Waals surface area contributed by atoms with Crippen LogP contribution < -0.4 is 0 Å². The van der Waals surface area contributed by atoms with E-state index in [9.17, 15) is 0 Å². The molecular weight excluding hydrogens is 877 g/mol. The molecule has 8 atom stereocenters. The zero-order valence-corrected chi connectivity index (χ0v) is 45.1. The van der Waals surface area contributed by atoms with Crippen LogP contribution in [-0.2, 0) is 27.2 Å². The molecule has 4 aliphatic rings. The molecule has 4 aromatic heterocycles. The minimum Gasteiger partial charge on any atom is -0.392 e. The topological polar surface area (TPSA) is 215 Å². The van der Waals surface area contributed by atoms with Crippen LogP contribution in [0, 0.1) is 46.5 Å². The summed E-state index contributed by atoms with van der Waals surface area (Å²) in [5, 5.41) is 76.0. The lowest BCUT2D eigenvalue weighted by Crippen LogP contribution is -2.30. The average molecular weight is 967 g/mol. The van der Waals surface area contributed by atoms with Gasteiger partial charge in [0.15, 0.2) is 0 Å². The first-order chi connectivity index (χ1) is 32.4. The quantitative estimate of drug-likeness (QED) is 0.186. The summed E-state index contributed by atoms with van der Waals surface area (Å²) < 4.78 is 7.18. The first-order valence-electron chi connectivity index (χ1n) is 24.0. The third-order valence-corrected chi connectivity index (χ3v) is 10.4. The number of rotatable bonds is 8. The first-order valence-corrected chi connectivity index (χ1v) is 24.0. The highest BCUT2D eigenvalue weighted by Crippen LogP contribution is 2.10. The largest absolute Gasteiger partial charge is 0.392 e. The summed E-state index contributed by atoms with van der Waals surface area (Å²) in [5.74, 6) is 1.20. The van der Waals surface area contributed by atoms with Crippen LogP contribution in [0.1, 0.15) is 96.3 Å². The third-order valence-electron chi connectivity index (χ3n) is 10.4. The maximum Gasteiger partial charge on any atom is 0.0708 e. The molecular formula is C49H90N16O4. The van der Waals surface area contributed by atoms with Crippen molar-refractivity contribution in [2.24, 2.45) is 46.3 Å². The Morgan fingerprint density at radius 3 is 1.45 bits per heavy atom. The monoisotopic (exact) mass is 967 g/mol. The van der Waals surface area contributed by atoms with Crippen LogP contribution in [0.15, 0.2) is 63.7 Å². The lowest BCUT2D eigenvalue weighted by molar-refractivity contribution is 0.115. The molecule has 0 aliphatic carbocycles. The summed E-state index contributed by atoms with van der Waals surface area (Å²) in [6, 6.07) is 3.06. The van der Waals surface area contributed by atoms with Gasteiger partial charge in [-0.2, -0.15) is 40.8 Å². The molecule has 390 valence electrons. The van der Waals surface area contributed by atoms with Crippen LogP contribution in [0.4, 0.5) is 0 Å². The molecule has 0 saturated carbocycles. The zero-order chi connectivity index (χ0) is 52.2. The van der Waals surface area contributed by atoms with Crippen molar-refractivity contribution < 1.29 is 20.4 Å². The minimum atomic E-state index is -0.326. The summed E-state index contributed by atoms with van der Waals surface area (Å²) in [6.07, 6.45) is 19.7. The average Bonchev–Trinajstić information content (AvgIpc) is 4.17. The van der Waals surface area contributed by atoms with E-state index in [4.69, 9.17) is 20.4 Å². The van der Waals surface area contributed by atoms with Gasteiger partial charge in [0.05, 0.1) is 69.2 Å². The van der Waals surface area contributed by atoms with Crippen LogP contribution in [-0.4, -0.2) is 181 Å². The molecule has 8 heterocycles. The molecule has 8 rings (SSSR count). The van der Waals surface area contributed by atoms with E-state index in [1.54, 1.807) is 49.5 Å². The molecule has 69 heavy (non-hydrogen) atoms. The van der Waals surface area contributed by atoms with Gasteiger partial charge in [0.25, 0.3) is 0 Å². The number of hydrazone groups is 4.